The SMILES string of the molecule is Cn1c(=O)n(CCCO)c(=O)c2c1nc(-c1cccc(C(C)(F)F)c1)n2Cc1ccccc1. The van der Waals surface area contributed by atoms with E-state index >= 15 is 0 Å². The number of rotatable bonds is 7. The Hall–Kier alpha value is -3.59. The molecule has 0 aliphatic carbocycles. The molecular weight excluding hydrogens is 430 g/mol. The van der Waals surface area contributed by atoms with E-state index in [1.54, 1.807) is 10.6 Å². The number of hydrogen-bond acceptors (Lipinski definition) is 4. The number of hydrogen-bond donors (Lipinski definition) is 1. The minimum atomic E-state index is -3.05. The summed E-state index contributed by atoms with van der Waals surface area (Å²) in [6, 6.07) is 15.2. The van der Waals surface area contributed by atoms with Gasteiger partial charge in [-0.3, -0.25) is 13.9 Å². The standard InChI is InChI=1S/C24H24F2N4O3/c1-24(25,26)18-11-6-10-17(14-18)20-27-21-19(30(20)15-16-8-4-3-5-9-16)22(32)29(12-7-13-31)23(33)28(21)2/h3-6,8-11,14,31H,7,12-13,15H2,1-2H3. The topological polar surface area (TPSA) is 82.0 Å². The van der Waals surface area contributed by atoms with E-state index in [0.29, 0.717) is 11.4 Å². The smallest absolute Gasteiger partial charge is 0.332 e. The Bertz CT molecular complexity index is 1420. The van der Waals surface area contributed by atoms with Gasteiger partial charge in [-0.2, -0.15) is 0 Å². The lowest BCUT2D eigenvalue weighted by Gasteiger charge is -2.14. The molecule has 2 heterocycles. The van der Waals surface area contributed by atoms with Crippen molar-refractivity contribution in [3.05, 3.63) is 86.6 Å². The van der Waals surface area contributed by atoms with Gasteiger partial charge >= 0.3 is 5.69 Å². The van der Waals surface area contributed by atoms with Crippen LogP contribution in [0.5, 0.6) is 0 Å². The van der Waals surface area contributed by atoms with Crippen molar-refractivity contribution in [3.63, 3.8) is 0 Å². The number of aliphatic hydroxyl groups excluding tert-OH is 1. The van der Waals surface area contributed by atoms with Crippen LogP contribution in [0.4, 0.5) is 8.78 Å². The Labute approximate surface area is 188 Å². The second-order valence-corrected chi connectivity index (χ2v) is 8.02. The van der Waals surface area contributed by atoms with Crippen LogP contribution in [0.15, 0.2) is 64.2 Å². The van der Waals surface area contributed by atoms with Crippen molar-refractivity contribution in [3.8, 4) is 11.4 Å². The molecule has 33 heavy (non-hydrogen) atoms. The molecule has 2 aromatic carbocycles. The summed E-state index contributed by atoms with van der Waals surface area (Å²) in [5.74, 6) is -2.73. The highest BCUT2D eigenvalue weighted by Crippen LogP contribution is 2.31. The zero-order valence-electron chi connectivity index (χ0n) is 18.3. The lowest BCUT2D eigenvalue weighted by Crippen LogP contribution is -2.39. The number of imidazole rings is 1. The summed E-state index contributed by atoms with van der Waals surface area (Å²) in [6.07, 6.45) is 0.244. The Morgan fingerprint density at radius 1 is 1.03 bits per heavy atom. The number of nitrogens with zero attached hydrogens (tertiary/aromatic N) is 4. The van der Waals surface area contributed by atoms with Crippen LogP contribution in [-0.4, -0.2) is 30.4 Å². The second-order valence-electron chi connectivity index (χ2n) is 8.02. The first-order valence-corrected chi connectivity index (χ1v) is 10.6. The van der Waals surface area contributed by atoms with Gasteiger partial charge in [0.1, 0.15) is 5.82 Å². The fourth-order valence-corrected chi connectivity index (χ4v) is 3.87. The molecule has 172 valence electrons. The summed E-state index contributed by atoms with van der Waals surface area (Å²) in [4.78, 5) is 30.7. The van der Waals surface area contributed by atoms with Crippen LogP contribution in [0.1, 0.15) is 24.5 Å². The number of aryl methyl sites for hydroxylation is 1. The molecule has 0 saturated heterocycles. The molecule has 2 aromatic heterocycles. The monoisotopic (exact) mass is 454 g/mol. The van der Waals surface area contributed by atoms with Crippen molar-refractivity contribution in [1.29, 1.82) is 0 Å². The molecule has 0 aliphatic heterocycles. The van der Waals surface area contributed by atoms with Gasteiger partial charge in [-0.05, 0) is 18.1 Å². The third-order valence-corrected chi connectivity index (χ3v) is 5.58. The van der Waals surface area contributed by atoms with E-state index in [0.717, 1.165) is 17.1 Å². The molecule has 0 bridgehead atoms. The minimum Gasteiger partial charge on any atom is -0.396 e. The maximum Gasteiger partial charge on any atom is 0.332 e. The van der Waals surface area contributed by atoms with Crippen molar-refractivity contribution in [2.24, 2.45) is 7.05 Å². The lowest BCUT2D eigenvalue weighted by atomic mass is 10.1. The van der Waals surface area contributed by atoms with E-state index in [4.69, 9.17) is 0 Å². The van der Waals surface area contributed by atoms with Gasteiger partial charge in [0.05, 0.1) is 0 Å². The van der Waals surface area contributed by atoms with E-state index < -0.39 is 17.2 Å². The molecule has 0 atom stereocenters. The van der Waals surface area contributed by atoms with Gasteiger partial charge in [0.2, 0.25) is 0 Å². The van der Waals surface area contributed by atoms with Gasteiger partial charge in [-0.1, -0.05) is 48.5 Å². The van der Waals surface area contributed by atoms with Gasteiger partial charge < -0.3 is 9.67 Å². The van der Waals surface area contributed by atoms with E-state index in [1.807, 2.05) is 30.3 Å². The van der Waals surface area contributed by atoms with E-state index in [9.17, 15) is 23.5 Å². The molecule has 0 aliphatic rings. The Balaban J connectivity index is 2.03. The molecule has 0 amide bonds. The average Bonchev–Trinajstić information content (AvgIpc) is 3.17. The molecule has 1 N–H and O–H groups in total. The molecule has 0 fully saturated rings. The van der Waals surface area contributed by atoms with Crippen molar-refractivity contribution >= 4 is 11.2 Å². The van der Waals surface area contributed by atoms with Crippen LogP contribution < -0.4 is 11.2 Å². The normalized spacial score (nSPS) is 11.9. The van der Waals surface area contributed by atoms with Crippen LogP contribution in [-0.2, 0) is 26.1 Å². The Morgan fingerprint density at radius 3 is 2.42 bits per heavy atom. The number of halogens is 2. The quantitative estimate of drug-likeness (QED) is 0.465. The first kappa shape index (κ1) is 22.6. The average molecular weight is 454 g/mol. The fourth-order valence-electron chi connectivity index (χ4n) is 3.87. The number of aliphatic hydroxyl groups is 1. The van der Waals surface area contributed by atoms with Crippen molar-refractivity contribution < 1.29 is 13.9 Å². The molecular formula is C24H24F2N4O3. The third-order valence-electron chi connectivity index (χ3n) is 5.58. The lowest BCUT2D eigenvalue weighted by molar-refractivity contribution is 0.0175. The van der Waals surface area contributed by atoms with Crippen LogP contribution >= 0.6 is 0 Å². The zero-order chi connectivity index (χ0) is 23.8. The predicted molar refractivity (Wildman–Crippen MR) is 121 cm³/mol. The molecule has 4 aromatic rings. The molecule has 0 unspecified atom stereocenters. The highest BCUT2D eigenvalue weighted by molar-refractivity contribution is 5.77. The van der Waals surface area contributed by atoms with Crippen molar-refractivity contribution in [1.82, 2.24) is 18.7 Å². The van der Waals surface area contributed by atoms with Crippen LogP contribution in [0.2, 0.25) is 0 Å². The third kappa shape index (κ3) is 4.23. The number of benzene rings is 2. The fraction of sp³-hybridized carbons (Fsp3) is 0.292. The maximum absolute atomic E-state index is 14.0. The van der Waals surface area contributed by atoms with Crippen LogP contribution in [0.25, 0.3) is 22.6 Å². The van der Waals surface area contributed by atoms with Gasteiger partial charge in [0.15, 0.2) is 11.2 Å². The summed E-state index contributed by atoms with van der Waals surface area (Å²) in [5.41, 5.74) is 0.402. The molecule has 7 nitrogen and oxygen atoms in total. The predicted octanol–water partition coefficient (Wildman–Crippen LogP) is 3.11. The molecule has 0 saturated carbocycles. The van der Waals surface area contributed by atoms with Crippen LogP contribution in [0, 0.1) is 0 Å². The summed E-state index contributed by atoms with van der Waals surface area (Å²) >= 11 is 0. The van der Waals surface area contributed by atoms with Gasteiger partial charge in [-0.15, -0.1) is 0 Å². The highest BCUT2D eigenvalue weighted by Gasteiger charge is 2.26. The van der Waals surface area contributed by atoms with Gasteiger partial charge in [-0.25, -0.2) is 18.6 Å². The van der Waals surface area contributed by atoms with Gasteiger partial charge in [0.25, 0.3) is 11.5 Å². The molecule has 4 rings (SSSR count). The largest absolute Gasteiger partial charge is 0.396 e. The summed E-state index contributed by atoms with van der Waals surface area (Å²) < 4.78 is 32.0. The first-order chi connectivity index (χ1) is 15.7. The number of aromatic nitrogens is 4. The van der Waals surface area contributed by atoms with E-state index in [1.165, 1.54) is 29.8 Å². The highest BCUT2D eigenvalue weighted by atomic mass is 19.3. The summed E-state index contributed by atoms with van der Waals surface area (Å²) in [6.45, 7) is 0.969. The van der Waals surface area contributed by atoms with Crippen molar-refractivity contribution in [2.75, 3.05) is 6.61 Å². The van der Waals surface area contributed by atoms with E-state index in [2.05, 4.69) is 4.98 Å². The van der Waals surface area contributed by atoms with Crippen LogP contribution in [0.3, 0.4) is 0 Å². The zero-order valence-corrected chi connectivity index (χ0v) is 18.3. The first-order valence-electron chi connectivity index (χ1n) is 10.6. The second kappa shape index (κ2) is 8.74. The van der Waals surface area contributed by atoms with Gasteiger partial charge in [0, 0.05) is 44.8 Å². The summed E-state index contributed by atoms with van der Waals surface area (Å²) in [7, 11) is 1.51. The Morgan fingerprint density at radius 2 is 1.76 bits per heavy atom. The Kier molecular flexibility index (Phi) is 5.99. The van der Waals surface area contributed by atoms with E-state index in [-0.39, 0.29) is 42.8 Å². The molecule has 0 radical (unpaired) electrons. The molecule has 0 spiro atoms. The molecule has 9 heteroatoms. The van der Waals surface area contributed by atoms with Crippen molar-refractivity contribution in [2.45, 2.75) is 32.4 Å². The minimum absolute atomic E-state index is 0.0569. The maximum atomic E-state index is 14.0. The number of alkyl halides is 2. The number of fused-ring (bicyclic) bond motifs is 1. The summed E-state index contributed by atoms with van der Waals surface area (Å²) in [5, 5.41) is 9.18.